The third-order valence-corrected chi connectivity index (χ3v) is 6.29. The number of benzene rings is 1. The number of fused-ring (bicyclic) bond motifs is 1. The summed E-state index contributed by atoms with van der Waals surface area (Å²) in [5.74, 6) is -3.10. The zero-order valence-corrected chi connectivity index (χ0v) is 18.1. The van der Waals surface area contributed by atoms with E-state index in [-0.39, 0.29) is 30.1 Å². The van der Waals surface area contributed by atoms with E-state index in [0.29, 0.717) is 10.6 Å². The fraction of sp³-hybridized carbons (Fsp3) is 0.273. The molecule has 0 saturated heterocycles. The molecular formula is C22H19F2N3O5S. The molecule has 33 heavy (non-hydrogen) atoms. The van der Waals surface area contributed by atoms with E-state index in [4.69, 9.17) is 14.9 Å². The summed E-state index contributed by atoms with van der Waals surface area (Å²) in [6.45, 7) is -0.531. The van der Waals surface area contributed by atoms with Crippen LogP contribution >= 0.6 is 11.3 Å². The minimum Gasteiger partial charge on any atom is -0.456 e. The first kappa shape index (κ1) is 22.6. The lowest BCUT2D eigenvalue weighted by atomic mass is 10.1. The normalized spacial score (nSPS) is 12.4. The number of hydrogen-bond acceptors (Lipinski definition) is 7. The van der Waals surface area contributed by atoms with Gasteiger partial charge < -0.3 is 20.2 Å². The summed E-state index contributed by atoms with van der Waals surface area (Å²) in [5.41, 5.74) is 6.71. The molecule has 0 saturated carbocycles. The standard InChI is InChI=1S/C22H19F2N3O5S/c23-11-4-5-12(14(24)8-11)15-9-26-18(32-15)6-7-19(29)31-10-17(28)27-22-20(21(25)30)13-2-1-3-16(13)33-22/h4-5,8-9H,1-3,6-7,10H2,(H2,25,30)(H,27,28). The van der Waals surface area contributed by atoms with Gasteiger partial charge in [-0.05, 0) is 37.0 Å². The fourth-order valence-corrected chi connectivity index (χ4v) is 4.89. The Kier molecular flexibility index (Phi) is 6.50. The lowest BCUT2D eigenvalue weighted by Gasteiger charge is -2.07. The zero-order chi connectivity index (χ0) is 23.5. The molecule has 4 rings (SSSR count). The van der Waals surface area contributed by atoms with Crippen molar-refractivity contribution in [1.29, 1.82) is 0 Å². The van der Waals surface area contributed by atoms with Gasteiger partial charge in [-0.2, -0.15) is 0 Å². The first-order valence-electron chi connectivity index (χ1n) is 10.1. The van der Waals surface area contributed by atoms with Crippen molar-refractivity contribution in [3.05, 3.63) is 57.9 Å². The molecule has 0 fully saturated rings. The fourth-order valence-electron chi connectivity index (χ4n) is 3.58. The monoisotopic (exact) mass is 475 g/mol. The number of halogens is 2. The summed E-state index contributed by atoms with van der Waals surface area (Å²) in [6.07, 6.45) is 3.73. The van der Waals surface area contributed by atoms with Gasteiger partial charge in [-0.15, -0.1) is 11.3 Å². The van der Waals surface area contributed by atoms with E-state index >= 15 is 0 Å². The number of thiophene rings is 1. The zero-order valence-electron chi connectivity index (χ0n) is 17.3. The smallest absolute Gasteiger partial charge is 0.306 e. The van der Waals surface area contributed by atoms with E-state index < -0.39 is 36.0 Å². The van der Waals surface area contributed by atoms with E-state index in [9.17, 15) is 23.2 Å². The van der Waals surface area contributed by atoms with Crippen LogP contribution in [0.25, 0.3) is 11.3 Å². The van der Waals surface area contributed by atoms with Crippen molar-refractivity contribution < 1.29 is 32.3 Å². The molecule has 0 bridgehead atoms. The van der Waals surface area contributed by atoms with Crippen LogP contribution in [0, 0.1) is 11.6 Å². The van der Waals surface area contributed by atoms with Crippen molar-refractivity contribution in [2.75, 3.05) is 11.9 Å². The number of oxazole rings is 1. The molecule has 0 atom stereocenters. The second-order valence-corrected chi connectivity index (χ2v) is 8.48. The summed E-state index contributed by atoms with van der Waals surface area (Å²) >= 11 is 1.31. The number of esters is 1. The van der Waals surface area contributed by atoms with E-state index in [1.54, 1.807) is 0 Å². The van der Waals surface area contributed by atoms with Gasteiger partial charge in [0, 0.05) is 17.4 Å². The van der Waals surface area contributed by atoms with E-state index in [0.717, 1.165) is 41.8 Å². The second-order valence-electron chi connectivity index (χ2n) is 7.38. The van der Waals surface area contributed by atoms with Crippen LogP contribution in [0.5, 0.6) is 0 Å². The molecule has 1 aliphatic rings. The van der Waals surface area contributed by atoms with Gasteiger partial charge in [-0.3, -0.25) is 14.4 Å². The number of carbonyl (C=O) groups is 3. The molecule has 0 unspecified atom stereocenters. The van der Waals surface area contributed by atoms with Gasteiger partial charge in [0.2, 0.25) is 0 Å². The highest BCUT2D eigenvalue weighted by molar-refractivity contribution is 7.17. The average Bonchev–Trinajstić information content (AvgIpc) is 3.46. The third kappa shape index (κ3) is 5.08. The molecule has 3 aromatic rings. The number of amides is 2. The van der Waals surface area contributed by atoms with Crippen molar-refractivity contribution in [3.63, 3.8) is 0 Å². The first-order chi connectivity index (χ1) is 15.8. The van der Waals surface area contributed by atoms with Crippen LogP contribution in [0.4, 0.5) is 13.8 Å². The molecule has 1 aromatic carbocycles. The second kappa shape index (κ2) is 9.49. The number of rotatable bonds is 8. The van der Waals surface area contributed by atoms with Crippen LogP contribution in [0.1, 0.15) is 39.5 Å². The molecule has 2 heterocycles. The lowest BCUT2D eigenvalue weighted by molar-refractivity contribution is -0.147. The Hall–Kier alpha value is -3.60. The van der Waals surface area contributed by atoms with Gasteiger partial charge in [-0.25, -0.2) is 13.8 Å². The Morgan fingerprint density at radius 3 is 2.82 bits per heavy atom. The largest absolute Gasteiger partial charge is 0.456 e. The summed E-state index contributed by atoms with van der Waals surface area (Å²) in [5, 5.41) is 2.96. The number of aryl methyl sites for hydroxylation is 2. The molecule has 0 spiro atoms. The Morgan fingerprint density at radius 2 is 2.06 bits per heavy atom. The summed E-state index contributed by atoms with van der Waals surface area (Å²) in [4.78, 5) is 40.9. The maximum Gasteiger partial charge on any atom is 0.306 e. The molecule has 8 nitrogen and oxygen atoms in total. The number of hydrogen-bond donors (Lipinski definition) is 2. The molecule has 2 aromatic heterocycles. The van der Waals surface area contributed by atoms with Crippen LogP contribution in [0.2, 0.25) is 0 Å². The van der Waals surface area contributed by atoms with Gasteiger partial charge in [0.1, 0.15) is 16.6 Å². The maximum absolute atomic E-state index is 13.8. The molecule has 11 heteroatoms. The predicted octanol–water partition coefficient (Wildman–Crippen LogP) is 3.38. The Labute approximate surface area is 190 Å². The Balaban J connectivity index is 1.27. The lowest BCUT2D eigenvalue weighted by Crippen LogP contribution is -2.22. The molecule has 3 N–H and O–H groups in total. The minimum absolute atomic E-state index is 0.0456. The van der Waals surface area contributed by atoms with Crippen molar-refractivity contribution in [3.8, 4) is 11.3 Å². The van der Waals surface area contributed by atoms with Gasteiger partial charge in [0.15, 0.2) is 18.3 Å². The van der Waals surface area contributed by atoms with Gasteiger partial charge in [0.05, 0.1) is 23.7 Å². The molecule has 0 radical (unpaired) electrons. The molecule has 2 amide bonds. The van der Waals surface area contributed by atoms with Crippen LogP contribution in [0.15, 0.2) is 28.8 Å². The number of primary amides is 1. The quantitative estimate of drug-likeness (QED) is 0.481. The van der Waals surface area contributed by atoms with E-state index in [1.807, 2.05) is 0 Å². The maximum atomic E-state index is 13.8. The van der Waals surface area contributed by atoms with Gasteiger partial charge >= 0.3 is 5.97 Å². The number of nitrogens with one attached hydrogen (secondary N) is 1. The highest BCUT2D eigenvalue weighted by Gasteiger charge is 2.26. The van der Waals surface area contributed by atoms with Crippen LogP contribution in [-0.2, 0) is 33.6 Å². The minimum atomic E-state index is -0.793. The number of nitrogens with zero attached hydrogens (tertiary/aromatic N) is 1. The molecule has 0 aliphatic heterocycles. The first-order valence-corrected chi connectivity index (χ1v) is 10.9. The van der Waals surface area contributed by atoms with Crippen LogP contribution in [-0.4, -0.2) is 29.4 Å². The van der Waals surface area contributed by atoms with Crippen LogP contribution < -0.4 is 11.1 Å². The number of nitrogens with two attached hydrogens (primary N) is 1. The topological polar surface area (TPSA) is 125 Å². The number of anilines is 1. The van der Waals surface area contributed by atoms with Crippen LogP contribution in [0.3, 0.4) is 0 Å². The van der Waals surface area contributed by atoms with Crippen molar-refractivity contribution in [2.24, 2.45) is 5.73 Å². The summed E-state index contributed by atoms with van der Waals surface area (Å²) in [7, 11) is 0. The number of ether oxygens (including phenoxy) is 1. The predicted molar refractivity (Wildman–Crippen MR) is 115 cm³/mol. The van der Waals surface area contributed by atoms with Gasteiger partial charge in [-0.1, -0.05) is 0 Å². The summed E-state index contributed by atoms with van der Waals surface area (Å²) < 4.78 is 37.3. The van der Waals surface area contributed by atoms with Crippen molar-refractivity contribution in [1.82, 2.24) is 4.98 Å². The number of carbonyl (C=O) groups excluding carboxylic acids is 3. The average molecular weight is 475 g/mol. The molecular weight excluding hydrogens is 456 g/mol. The van der Waals surface area contributed by atoms with Gasteiger partial charge in [0.25, 0.3) is 11.8 Å². The molecule has 172 valence electrons. The van der Waals surface area contributed by atoms with E-state index in [2.05, 4.69) is 10.3 Å². The highest BCUT2D eigenvalue weighted by Crippen LogP contribution is 2.38. The van der Waals surface area contributed by atoms with Crippen molar-refractivity contribution >= 4 is 34.1 Å². The Bertz CT molecular complexity index is 1240. The number of aromatic nitrogens is 1. The highest BCUT2D eigenvalue weighted by atomic mass is 32.1. The Morgan fingerprint density at radius 1 is 1.24 bits per heavy atom. The van der Waals surface area contributed by atoms with E-state index in [1.165, 1.54) is 23.6 Å². The summed E-state index contributed by atoms with van der Waals surface area (Å²) in [6, 6.07) is 3.06. The molecule has 1 aliphatic carbocycles. The third-order valence-electron chi connectivity index (χ3n) is 5.08. The SMILES string of the molecule is NC(=O)c1c(NC(=O)COC(=O)CCc2ncc(-c3ccc(F)cc3F)o2)sc2c1CCC2. The van der Waals surface area contributed by atoms with Crippen molar-refractivity contribution in [2.45, 2.75) is 32.1 Å².